The normalized spacial score (nSPS) is 23.2. The first kappa shape index (κ1) is 15.2. The summed E-state index contributed by atoms with van der Waals surface area (Å²) < 4.78 is 24.3. The van der Waals surface area contributed by atoms with E-state index in [0.29, 0.717) is 17.8 Å². The monoisotopic (exact) mass is 282 g/mol. The lowest BCUT2D eigenvalue weighted by molar-refractivity contribution is -0.0292. The number of hydrogen-bond donors (Lipinski definition) is 2. The maximum Gasteiger partial charge on any atom is 0.123 e. The molecule has 1 aliphatic rings. The van der Waals surface area contributed by atoms with Crippen molar-refractivity contribution >= 4 is 0 Å². The molecule has 2 rings (SSSR count). The molecule has 0 saturated heterocycles. The highest BCUT2D eigenvalue weighted by Gasteiger charge is 2.32. The van der Waals surface area contributed by atoms with Crippen molar-refractivity contribution in [3.8, 4) is 5.75 Å². The van der Waals surface area contributed by atoms with E-state index in [2.05, 4.69) is 5.43 Å². The van der Waals surface area contributed by atoms with Crippen molar-refractivity contribution in [1.29, 1.82) is 0 Å². The van der Waals surface area contributed by atoms with E-state index < -0.39 is 0 Å². The van der Waals surface area contributed by atoms with Gasteiger partial charge in [-0.3, -0.25) is 11.3 Å². The fourth-order valence-electron chi connectivity index (χ4n) is 2.83. The van der Waals surface area contributed by atoms with Crippen LogP contribution in [0.4, 0.5) is 4.39 Å². The van der Waals surface area contributed by atoms with Gasteiger partial charge in [-0.2, -0.15) is 0 Å². The molecule has 5 heteroatoms. The number of methoxy groups -OCH3 is 1. The van der Waals surface area contributed by atoms with Crippen LogP contribution in [0, 0.1) is 11.7 Å². The van der Waals surface area contributed by atoms with Crippen molar-refractivity contribution in [2.45, 2.75) is 38.3 Å². The molecule has 4 nitrogen and oxygen atoms in total. The lowest BCUT2D eigenvalue weighted by Gasteiger charge is -2.37. The van der Waals surface area contributed by atoms with Crippen LogP contribution in [0.25, 0.3) is 0 Å². The molecule has 0 aromatic heterocycles. The topological polar surface area (TPSA) is 56.5 Å². The molecule has 1 aliphatic carbocycles. The molecule has 1 aromatic rings. The lowest BCUT2D eigenvalue weighted by Crippen LogP contribution is -2.36. The van der Waals surface area contributed by atoms with Gasteiger partial charge in [-0.1, -0.05) is 0 Å². The summed E-state index contributed by atoms with van der Waals surface area (Å²) in [5.41, 5.74) is 3.55. The largest absolute Gasteiger partial charge is 0.496 e. The SMILES string of the molecule is CCOC1CC(CC(NN)c2cc(F)ccc2OC)C1. The molecule has 1 saturated carbocycles. The van der Waals surface area contributed by atoms with E-state index in [0.717, 1.165) is 31.4 Å². The number of rotatable bonds is 7. The number of nitrogens with two attached hydrogens (primary N) is 1. The van der Waals surface area contributed by atoms with Crippen LogP contribution < -0.4 is 16.0 Å². The Bertz CT molecular complexity index is 436. The van der Waals surface area contributed by atoms with Crippen molar-refractivity contribution in [2.24, 2.45) is 11.8 Å². The average molecular weight is 282 g/mol. The summed E-state index contributed by atoms with van der Waals surface area (Å²) in [4.78, 5) is 0. The minimum absolute atomic E-state index is 0.103. The molecule has 3 N–H and O–H groups in total. The van der Waals surface area contributed by atoms with E-state index in [4.69, 9.17) is 15.3 Å². The first-order chi connectivity index (χ1) is 9.67. The zero-order chi connectivity index (χ0) is 14.5. The van der Waals surface area contributed by atoms with Gasteiger partial charge in [0.1, 0.15) is 11.6 Å². The summed E-state index contributed by atoms with van der Waals surface area (Å²) in [6.45, 7) is 2.77. The summed E-state index contributed by atoms with van der Waals surface area (Å²) in [6.07, 6.45) is 3.32. The third-order valence-electron chi connectivity index (χ3n) is 3.93. The first-order valence-electron chi connectivity index (χ1n) is 7.09. The van der Waals surface area contributed by atoms with Crippen molar-refractivity contribution in [1.82, 2.24) is 5.43 Å². The van der Waals surface area contributed by atoms with Gasteiger partial charge in [-0.15, -0.1) is 0 Å². The van der Waals surface area contributed by atoms with Crippen LogP contribution in [0.3, 0.4) is 0 Å². The summed E-state index contributed by atoms with van der Waals surface area (Å²) in [7, 11) is 1.58. The van der Waals surface area contributed by atoms with Gasteiger partial charge in [0.15, 0.2) is 0 Å². The molecule has 20 heavy (non-hydrogen) atoms. The summed E-state index contributed by atoms with van der Waals surface area (Å²) in [5.74, 6) is 6.58. The second-order valence-corrected chi connectivity index (χ2v) is 5.26. The molecular formula is C15H23FN2O2. The molecule has 1 unspecified atom stereocenters. The zero-order valence-electron chi connectivity index (χ0n) is 12.1. The van der Waals surface area contributed by atoms with E-state index in [1.165, 1.54) is 12.1 Å². The summed E-state index contributed by atoms with van der Waals surface area (Å²) >= 11 is 0. The number of halogens is 1. The molecule has 0 bridgehead atoms. The smallest absolute Gasteiger partial charge is 0.123 e. The van der Waals surface area contributed by atoms with E-state index in [-0.39, 0.29) is 11.9 Å². The Morgan fingerprint density at radius 3 is 2.80 bits per heavy atom. The quantitative estimate of drug-likeness (QED) is 0.596. The minimum Gasteiger partial charge on any atom is -0.496 e. The zero-order valence-corrected chi connectivity index (χ0v) is 12.1. The van der Waals surface area contributed by atoms with Gasteiger partial charge in [-0.25, -0.2) is 4.39 Å². The van der Waals surface area contributed by atoms with Crippen molar-refractivity contribution in [3.63, 3.8) is 0 Å². The maximum atomic E-state index is 13.4. The highest BCUT2D eigenvalue weighted by atomic mass is 19.1. The molecule has 1 atom stereocenters. The Balaban J connectivity index is 2.00. The molecule has 1 aromatic carbocycles. The van der Waals surface area contributed by atoms with Crippen LogP contribution >= 0.6 is 0 Å². The number of hydrogen-bond acceptors (Lipinski definition) is 4. The van der Waals surface area contributed by atoms with Crippen LogP contribution in [0.1, 0.15) is 37.8 Å². The minimum atomic E-state index is -0.276. The fourth-order valence-corrected chi connectivity index (χ4v) is 2.83. The van der Waals surface area contributed by atoms with E-state index in [9.17, 15) is 4.39 Å². The predicted octanol–water partition coefficient (Wildman–Crippen LogP) is 2.54. The van der Waals surface area contributed by atoms with Crippen LogP contribution in [-0.4, -0.2) is 19.8 Å². The van der Waals surface area contributed by atoms with Gasteiger partial charge in [0.2, 0.25) is 0 Å². The molecule has 0 aliphatic heterocycles. The average Bonchev–Trinajstić information content (AvgIpc) is 2.41. The molecular weight excluding hydrogens is 259 g/mol. The number of benzene rings is 1. The molecule has 0 heterocycles. The second kappa shape index (κ2) is 7.02. The Morgan fingerprint density at radius 1 is 1.45 bits per heavy atom. The standard InChI is InChI=1S/C15H23FN2O2/c1-3-20-12-6-10(7-12)8-14(18-17)13-9-11(16)4-5-15(13)19-2/h4-5,9-10,12,14,18H,3,6-8,17H2,1-2H3. The Hall–Kier alpha value is -1.17. The van der Waals surface area contributed by atoms with Crippen LogP contribution in [0.15, 0.2) is 18.2 Å². The highest BCUT2D eigenvalue weighted by Crippen LogP contribution is 2.38. The van der Waals surface area contributed by atoms with E-state index in [1.807, 2.05) is 6.92 Å². The van der Waals surface area contributed by atoms with Gasteiger partial charge < -0.3 is 9.47 Å². The van der Waals surface area contributed by atoms with E-state index in [1.54, 1.807) is 13.2 Å². The molecule has 112 valence electrons. The fraction of sp³-hybridized carbons (Fsp3) is 0.600. The second-order valence-electron chi connectivity index (χ2n) is 5.26. The van der Waals surface area contributed by atoms with Gasteiger partial charge in [0.05, 0.1) is 13.2 Å². The Morgan fingerprint density at radius 2 is 2.20 bits per heavy atom. The molecule has 1 fully saturated rings. The summed E-state index contributed by atoms with van der Waals surface area (Å²) in [5, 5.41) is 0. The van der Waals surface area contributed by atoms with Crippen molar-refractivity contribution in [2.75, 3.05) is 13.7 Å². The van der Waals surface area contributed by atoms with Gasteiger partial charge >= 0.3 is 0 Å². The van der Waals surface area contributed by atoms with E-state index >= 15 is 0 Å². The highest BCUT2D eigenvalue weighted by molar-refractivity contribution is 5.36. The Labute approximate surface area is 119 Å². The third-order valence-corrected chi connectivity index (χ3v) is 3.93. The van der Waals surface area contributed by atoms with Crippen molar-refractivity contribution < 1.29 is 13.9 Å². The van der Waals surface area contributed by atoms with Crippen LogP contribution in [-0.2, 0) is 4.74 Å². The Kier molecular flexibility index (Phi) is 5.34. The third kappa shape index (κ3) is 3.48. The van der Waals surface area contributed by atoms with Gasteiger partial charge in [0.25, 0.3) is 0 Å². The summed E-state index contributed by atoms with van der Waals surface area (Å²) in [6, 6.07) is 4.42. The number of nitrogens with one attached hydrogen (secondary N) is 1. The molecule has 0 amide bonds. The van der Waals surface area contributed by atoms with Crippen LogP contribution in [0.5, 0.6) is 5.75 Å². The maximum absolute atomic E-state index is 13.4. The molecule has 0 spiro atoms. The number of ether oxygens (including phenoxy) is 2. The number of hydrazine groups is 1. The van der Waals surface area contributed by atoms with Gasteiger partial charge in [-0.05, 0) is 50.3 Å². The van der Waals surface area contributed by atoms with Gasteiger partial charge in [0, 0.05) is 18.2 Å². The first-order valence-corrected chi connectivity index (χ1v) is 7.09. The predicted molar refractivity (Wildman–Crippen MR) is 75.8 cm³/mol. The lowest BCUT2D eigenvalue weighted by atomic mass is 9.77. The van der Waals surface area contributed by atoms with Crippen molar-refractivity contribution in [3.05, 3.63) is 29.6 Å². The van der Waals surface area contributed by atoms with Crippen LogP contribution in [0.2, 0.25) is 0 Å². The molecule has 0 radical (unpaired) electrons.